The summed E-state index contributed by atoms with van der Waals surface area (Å²) in [6.07, 6.45) is 9.35. The van der Waals surface area contributed by atoms with Gasteiger partial charge < -0.3 is 0 Å². The van der Waals surface area contributed by atoms with Gasteiger partial charge in [-0.2, -0.15) is 0 Å². The second-order valence-electron chi connectivity index (χ2n) is 12.5. The second-order valence-corrected chi connectivity index (χ2v) is 30.3. The average Bonchev–Trinajstić information content (AvgIpc) is 2.71. The number of hydrogen-bond donors (Lipinski definition) is 1. The van der Waals surface area contributed by atoms with E-state index in [-0.39, 0.29) is 22.1 Å². The van der Waals surface area contributed by atoms with Crippen molar-refractivity contribution in [1.29, 1.82) is 0 Å². The van der Waals surface area contributed by atoms with Crippen molar-refractivity contribution in [2.75, 3.05) is 6.61 Å². The molecule has 0 aromatic heterocycles. The fourth-order valence-electron chi connectivity index (χ4n) is 5.63. The van der Waals surface area contributed by atoms with Crippen LogP contribution in [0.3, 0.4) is 0 Å². The van der Waals surface area contributed by atoms with E-state index in [1.807, 2.05) is 0 Å². The molecule has 0 saturated carbocycles. The molecule has 0 bridgehead atoms. The number of aliphatic hydroxyl groups is 1. The molecule has 1 rings (SSSR count). The van der Waals surface area contributed by atoms with Crippen molar-refractivity contribution in [3.63, 3.8) is 0 Å². The van der Waals surface area contributed by atoms with E-state index in [1.54, 1.807) is 0 Å². The molecule has 190 valence electrons. The van der Waals surface area contributed by atoms with E-state index in [1.165, 1.54) is 51.8 Å². The zero-order valence-electron chi connectivity index (χ0n) is 23.2. The predicted octanol–water partition coefficient (Wildman–Crippen LogP) is 8.39. The third-order valence-corrected chi connectivity index (χ3v) is 26.7. The Kier molecular flexibility index (Phi) is 12.5. The van der Waals surface area contributed by atoms with Crippen LogP contribution in [0, 0.1) is 5.92 Å². The Balaban J connectivity index is 3.20. The van der Waals surface area contributed by atoms with E-state index >= 15 is 0 Å². The molecule has 3 nitrogen and oxygen atoms in total. The van der Waals surface area contributed by atoms with E-state index in [4.69, 9.17) is 8.85 Å². The zero-order valence-corrected chi connectivity index (χ0v) is 27.1. The second kappa shape index (κ2) is 13.1. The van der Waals surface area contributed by atoms with Gasteiger partial charge in [-0.1, -0.05) is 0 Å². The Hall–Kier alpha value is 0.636. The Labute approximate surface area is 206 Å². The fraction of sp³-hybridized carbons (Fsp3) is 0.926. The molecule has 0 unspecified atom stereocenters. The molecule has 0 aromatic rings. The van der Waals surface area contributed by atoms with E-state index in [0.717, 1.165) is 0 Å². The molecular formula is C27H56O3SiSn. The van der Waals surface area contributed by atoms with Crippen molar-refractivity contribution in [1.82, 2.24) is 0 Å². The van der Waals surface area contributed by atoms with Crippen molar-refractivity contribution in [3.8, 4) is 0 Å². The van der Waals surface area contributed by atoms with Crippen molar-refractivity contribution in [2.24, 2.45) is 5.92 Å². The van der Waals surface area contributed by atoms with Crippen LogP contribution in [0.15, 0.2) is 10.2 Å². The minimum absolute atomic E-state index is 0.0561. The zero-order chi connectivity index (χ0) is 24.6. The van der Waals surface area contributed by atoms with Crippen LogP contribution in [0.25, 0.3) is 0 Å². The summed E-state index contributed by atoms with van der Waals surface area (Å²) >= 11 is -2.42. The molecule has 0 spiro atoms. The molecular weight excluding hydrogens is 519 g/mol. The van der Waals surface area contributed by atoms with Gasteiger partial charge in [0.05, 0.1) is 0 Å². The number of aliphatic hydroxyl groups excluding tert-OH is 1. The van der Waals surface area contributed by atoms with Gasteiger partial charge in [0.15, 0.2) is 0 Å². The predicted molar refractivity (Wildman–Crippen MR) is 145 cm³/mol. The molecule has 1 heterocycles. The summed E-state index contributed by atoms with van der Waals surface area (Å²) in [7, 11) is -2.57. The maximum atomic E-state index is 11.4. The van der Waals surface area contributed by atoms with Crippen molar-refractivity contribution >= 4 is 26.9 Å². The van der Waals surface area contributed by atoms with Crippen LogP contribution < -0.4 is 0 Å². The standard InChI is InChI=1S/C15H29O3Si.3C4H9.Sn/c1-9-12(16)13-11(2)10-17-19(18-13,14(3,4)5)15(6,7)8;3*1-3-4-2;/h1,9,11-13,16H,10H2,2-8H3;3*1,3-4H2,2H3;/t11-,12-,13+;;;;/m0..../s1. The molecule has 1 fully saturated rings. The summed E-state index contributed by atoms with van der Waals surface area (Å²) in [6, 6.07) is 0. The molecule has 5 heteroatoms. The van der Waals surface area contributed by atoms with Gasteiger partial charge in [0.2, 0.25) is 0 Å². The molecule has 1 aliphatic rings. The van der Waals surface area contributed by atoms with Crippen LogP contribution >= 0.6 is 0 Å². The summed E-state index contributed by atoms with van der Waals surface area (Å²) in [5.74, 6) is 0.200. The van der Waals surface area contributed by atoms with Crippen LogP contribution in [-0.2, 0) is 8.85 Å². The Morgan fingerprint density at radius 1 is 0.906 bits per heavy atom. The SMILES string of the molecule is CCC[CH2][Sn](/[CH]=C/[C@H](O)[C@@H]1O[Si](C(C)(C)C)(C(C)(C)C)OC[C@@H]1C)([CH2]CCC)[CH2]CCC. The summed E-state index contributed by atoms with van der Waals surface area (Å²) < 4.78 is 20.4. The van der Waals surface area contributed by atoms with Gasteiger partial charge in [0, 0.05) is 0 Å². The minimum atomic E-state index is -2.57. The van der Waals surface area contributed by atoms with Gasteiger partial charge in [0.25, 0.3) is 0 Å². The van der Waals surface area contributed by atoms with Gasteiger partial charge in [-0.05, 0) is 0 Å². The molecule has 0 aromatic carbocycles. The maximum absolute atomic E-state index is 11.4. The summed E-state index contributed by atoms with van der Waals surface area (Å²) in [5, 5.41) is 11.3. The molecule has 3 atom stereocenters. The molecule has 1 saturated heterocycles. The van der Waals surface area contributed by atoms with Crippen LogP contribution in [-0.4, -0.2) is 50.9 Å². The Bertz CT molecular complexity index is 528. The van der Waals surface area contributed by atoms with Crippen LogP contribution in [0.4, 0.5) is 0 Å². The molecule has 0 amide bonds. The third kappa shape index (κ3) is 7.83. The summed E-state index contributed by atoms with van der Waals surface area (Å²) in [4.78, 5) is 0. The van der Waals surface area contributed by atoms with Crippen LogP contribution in [0.1, 0.15) is 108 Å². The Morgan fingerprint density at radius 2 is 1.34 bits per heavy atom. The normalized spacial score (nSPS) is 23.6. The van der Waals surface area contributed by atoms with Crippen molar-refractivity contribution < 1.29 is 14.0 Å². The number of rotatable bonds is 12. The first-order valence-electron chi connectivity index (χ1n) is 13.5. The van der Waals surface area contributed by atoms with Crippen molar-refractivity contribution in [3.05, 3.63) is 10.2 Å². The first kappa shape index (κ1) is 30.7. The number of hydrogen-bond acceptors (Lipinski definition) is 3. The quantitative estimate of drug-likeness (QED) is 0.238. The molecule has 32 heavy (non-hydrogen) atoms. The molecule has 0 aliphatic carbocycles. The van der Waals surface area contributed by atoms with Gasteiger partial charge in [0.1, 0.15) is 0 Å². The van der Waals surface area contributed by atoms with Gasteiger partial charge in [-0.3, -0.25) is 0 Å². The van der Waals surface area contributed by atoms with Crippen molar-refractivity contribution in [2.45, 2.75) is 143 Å². The summed E-state index contributed by atoms with van der Waals surface area (Å²) in [5.41, 5.74) is 0. The van der Waals surface area contributed by atoms with Gasteiger partial charge >= 0.3 is 207 Å². The van der Waals surface area contributed by atoms with Crippen LogP contribution in [0.2, 0.25) is 23.4 Å². The van der Waals surface area contributed by atoms with Crippen LogP contribution in [0.5, 0.6) is 0 Å². The molecule has 1 aliphatic heterocycles. The van der Waals surface area contributed by atoms with Gasteiger partial charge in [-0.25, -0.2) is 0 Å². The molecule has 1 N–H and O–H groups in total. The average molecular weight is 576 g/mol. The fourth-order valence-corrected chi connectivity index (χ4v) is 25.1. The van der Waals surface area contributed by atoms with E-state index in [2.05, 4.69) is 79.4 Å². The first-order chi connectivity index (χ1) is 14.8. The van der Waals surface area contributed by atoms with E-state index in [9.17, 15) is 5.11 Å². The third-order valence-electron chi connectivity index (χ3n) is 7.46. The Morgan fingerprint density at radius 3 is 1.72 bits per heavy atom. The number of unbranched alkanes of at least 4 members (excludes halogenated alkanes) is 3. The van der Waals surface area contributed by atoms with E-state index in [0.29, 0.717) is 6.61 Å². The summed E-state index contributed by atoms with van der Waals surface area (Å²) in [6.45, 7) is 23.3. The first-order valence-corrected chi connectivity index (χ1v) is 23.0. The van der Waals surface area contributed by atoms with E-state index < -0.39 is 33.0 Å². The monoisotopic (exact) mass is 576 g/mol. The molecule has 0 radical (unpaired) electrons. The topological polar surface area (TPSA) is 38.7 Å². The van der Waals surface area contributed by atoms with Gasteiger partial charge in [-0.15, -0.1) is 0 Å².